The van der Waals surface area contributed by atoms with E-state index in [1.165, 1.54) is 32.2 Å². The third-order valence-corrected chi connectivity index (χ3v) is 3.07. The normalized spacial score (nSPS) is 22.4. The first kappa shape index (κ1) is 13.4. The fraction of sp³-hybridized carbons (Fsp3) is 0.231. The molecule has 0 bridgehead atoms. The third-order valence-electron chi connectivity index (χ3n) is 2.85. The fourth-order valence-corrected chi connectivity index (χ4v) is 1.94. The van der Waals surface area contributed by atoms with Crippen molar-refractivity contribution in [2.45, 2.75) is 12.5 Å². The summed E-state index contributed by atoms with van der Waals surface area (Å²) in [5.74, 6) is -0.0767. The molecule has 1 saturated heterocycles. The molecule has 1 aromatic rings. The monoisotopic (exact) mass is 281 g/mol. The van der Waals surface area contributed by atoms with Crippen molar-refractivity contribution in [3.05, 3.63) is 35.9 Å². The van der Waals surface area contributed by atoms with Crippen LogP contribution in [0.15, 0.2) is 30.9 Å². The largest absolute Gasteiger partial charge is 0.497 e. The topological polar surface area (TPSA) is 55.8 Å². The molecule has 0 spiro atoms. The van der Waals surface area contributed by atoms with E-state index in [4.69, 9.17) is 21.1 Å². The van der Waals surface area contributed by atoms with Gasteiger partial charge in [0.2, 0.25) is 5.60 Å². The van der Waals surface area contributed by atoms with Crippen LogP contribution in [0.3, 0.4) is 0 Å². The van der Waals surface area contributed by atoms with Gasteiger partial charge in [-0.2, -0.15) is 0 Å². The van der Waals surface area contributed by atoms with Gasteiger partial charge in [-0.25, -0.2) is 9.69 Å². The number of carbonyl (C=O) groups is 2. The zero-order valence-corrected chi connectivity index (χ0v) is 11.2. The average molecular weight is 282 g/mol. The first-order valence-electron chi connectivity index (χ1n) is 5.47. The second-order valence-corrected chi connectivity index (χ2v) is 4.61. The molecule has 100 valence electrons. The number of amides is 2. The van der Waals surface area contributed by atoms with Crippen molar-refractivity contribution in [3.63, 3.8) is 0 Å². The number of anilines is 1. The molecule has 2 rings (SSSR count). The van der Waals surface area contributed by atoms with E-state index < -0.39 is 17.6 Å². The molecule has 1 aliphatic rings. The highest BCUT2D eigenvalue weighted by molar-refractivity contribution is 6.31. The lowest BCUT2D eigenvalue weighted by atomic mass is 10.1. The van der Waals surface area contributed by atoms with E-state index in [-0.39, 0.29) is 0 Å². The molecule has 6 heteroatoms. The Morgan fingerprint density at radius 2 is 2.11 bits per heavy atom. The van der Waals surface area contributed by atoms with Gasteiger partial charge in [0, 0.05) is 11.1 Å². The van der Waals surface area contributed by atoms with Gasteiger partial charge in [0.1, 0.15) is 5.75 Å². The molecule has 1 aromatic carbocycles. The summed E-state index contributed by atoms with van der Waals surface area (Å²) >= 11 is 5.92. The predicted molar refractivity (Wildman–Crippen MR) is 70.6 cm³/mol. The van der Waals surface area contributed by atoms with Crippen LogP contribution in [0.4, 0.5) is 10.5 Å². The summed E-state index contributed by atoms with van der Waals surface area (Å²) in [6.07, 6.45) is 0.520. The minimum absolute atomic E-state index is 0.296. The lowest BCUT2D eigenvalue weighted by Crippen LogP contribution is -2.37. The highest BCUT2D eigenvalue weighted by Gasteiger charge is 2.49. The van der Waals surface area contributed by atoms with Crippen molar-refractivity contribution in [3.8, 4) is 5.75 Å². The summed E-state index contributed by atoms with van der Waals surface area (Å²) in [7, 11) is 1.47. The number of ether oxygens (including phenoxy) is 2. The molecule has 0 aliphatic carbocycles. The first-order chi connectivity index (χ1) is 8.91. The van der Waals surface area contributed by atoms with Crippen LogP contribution in [-0.4, -0.2) is 24.7 Å². The Kier molecular flexibility index (Phi) is 3.24. The van der Waals surface area contributed by atoms with E-state index >= 15 is 0 Å². The Morgan fingerprint density at radius 3 is 2.63 bits per heavy atom. The van der Waals surface area contributed by atoms with E-state index in [9.17, 15) is 9.59 Å². The summed E-state index contributed by atoms with van der Waals surface area (Å²) < 4.78 is 10.1. The summed E-state index contributed by atoms with van der Waals surface area (Å²) in [5, 5.41) is 0.349. The molecule has 0 radical (unpaired) electrons. The molecule has 2 amide bonds. The molecule has 0 N–H and O–H groups in total. The SMILES string of the molecule is C=CC1(C)OC(=O)N(c2cc(Cl)cc(OC)c2)C1=O. The van der Waals surface area contributed by atoms with Gasteiger partial charge < -0.3 is 9.47 Å². The lowest BCUT2D eigenvalue weighted by Gasteiger charge is -2.15. The van der Waals surface area contributed by atoms with Crippen LogP contribution in [-0.2, 0) is 9.53 Å². The molecule has 1 heterocycles. The Balaban J connectivity index is 2.48. The Hall–Kier alpha value is -2.01. The van der Waals surface area contributed by atoms with E-state index in [1.807, 2.05) is 0 Å². The average Bonchev–Trinajstić information content (AvgIpc) is 2.60. The van der Waals surface area contributed by atoms with Crippen LogP contribution in [0.25, 0.3) is 0 Å². The van der Waals surface area contributed by atoms with Crippen molar-refractivity contribution >= 4 is 29.3 Å². The van der Waals surface area contributed by atoms with Gasteiger partial charge in [-0.05, 0) is 25.1 Å². The summed E-state index contributed by atoms with van der Waals surface area (Å²) in [4.78, 5) is 24.9. The Labute approximate surface area is 115 Å². The number of benzene rings is 1. The Bertz CT molecular complexity index is 572. The summed E-state index contributed by atoms with van der Waals surface area (Å²) in [6, 6.07) is 4.58. The van der Waals surface area contributed by atoms with E-state index in [2.05, 4.69) is 6.58 Å². The number of hydrogen-bond donors (Lipinski definition) is 0. The minimum atomic E-state index is -1.35. The number of imide groups is 1. The number of nitrogens with zero attached hydrogens (tertiary/aromatic N) is 1. The number of rotatable bonds is 3. The molecule has 0 aromatic heterocycles. The molecule has 1 fully saturated rings. The van der Waals surface area contributed by atoms with E-state index in [0.29, 0.717) is 16.5 Å². The lowest BCUT2D eigenvalue weighted by molar-refractivity contribution is -0.125. The first-order valence-corrected chi connectivity index (χ1v) is 5.85. The van der Waals surface area contributed by atoms with Crippen LogP contribution in [0.5, 0.6) is 5.75 Å². The molecule has 5 nitrogen and oxygen atoms in total. The zero-order valence-electron chi connectivity index (χ0n) is 10.5. The van der Waals surface area contributed by atoms with Gasteiger partial charge in [0.15, 0.2) is 0 Å². The van der Waals surface area contributed by atoms with Crippen molar-refractivity contribution in [2.75, 3.05) is 12.0 Å². The molecule has 0 saturated carbocycles. The second-order valence-electron chi connectivity index (χ2n) is 4.17. The molecule has 1 atom stereocenters. The number of methoxy groups -OCH3 is 1. The highest BCUT2D eigenvalue weighted by Crippen LogP contribution is 2.33. The third kappa shape index (κ3) is 2.17. The number of carbonyl (C=O) groups excluding carboxylic acids is 2. The maximum atomic E-state index is 12.2. The fourth-order valence-electron chi connectivity index (χ4n) is 1.72. The second kappa shape index (κ2) is 4.59. The molecular weight excluding hydrogens is 270 g/mol. The van der Waals surface area contributed by atoms with Gasteiger partial charge in [-0.3, -0.25) is 4.79 Å². The standard InChI is InChI=1S/C13H12ClNO4/c1-4-13(2)11(16)15(12(17)19-13)9-5-8(14)6-10(7-9)18-3/h4-7H,1H2,2-3H3. The van der Waals surface area contributed by atoms with Crippen molar-refractivity contribution < 1.29 is 19.1 Å². The maximum Gasteiger partial charge on any atom is 0.422 e. The minimum Gasteiger partial charge on any atom is -0.497 e. The number of halogens is 1. The smallest absolute Gasteiger partial charge is 0.422 e. The Morgan fingerprint density at radius 1 is 1.42 bits per heavy atom. The van der Waals surface area contributed by atoms with Crippen molar-refractivity contribution in [1.82, 2.24) is 0 Å². The van der Waals surface area contributed by atoms with Crippen LogP contribution in [0.1, 0.15) is 6.92 Å². The van der Waals surface area contributed by atoms with E-state index in [1.54, 1.807) is 6.07 Å². The van der Waals surface area contributed by atoms with Crippen LogP contribution in [0, 0.1) is 0 Å². The van der Waals surface area contributed by atoms with Gasteiger partial charge in [0.05, 0.1) is 12.8 Å². The predicted octanol–water partition coefficient (Wildman–Crippen LogP) is 2.78. The highest BCUT2D eigenvalue weighted by atomic mass is 35.5. The quantitative estimate of drug-likeness (QED) is 0.800. The van der Waals surface area contributed by atoms with Gasteiger partial charge in [-0.1, -0.05) is 18.2 Å². The zero-order chi connectivity index (χ0) is 14.2. The van der Waals surface area contributed by atoms with Crippen LogP contribution < -0.4 is 9.64 Å². The number of cyclic esters (lactones) is 1. The van der Waals surface area contributed by atoms with Gasteiger partial charge in [0.25, 0.3) is 5.91 Å². The molecule has 19 heavy (non-hydrogen) atoms. The van der Waals surface area contributed by atoms with Gasteiger partial charge >= 0.3 is 6.09 Å². The molecule has 1 unspecified atom stereocenters. The molecule has 1 aliphatic heterocycles. The molecular formula is C13H12ClNO4. The van der Waals surface area contributed by atoms with E-state index in [0.717, 1.165) is 4.90 Å². The van der Waals surface area contributed by atoms with Gasteiger partial charge in [-0.15, -0.1) is 0 Å². The maximum absolute atomic E-state index is 12.2. The number of hydrogen-bond acceptors (Lipinski definition) is 4. The van der Waals surface area contributed by atoms with Crippen LogP contribution >= 0.6 is 11.6 Å². The van der Waals surface area contributed by atoms with Crippen molar-refractivity contribution in [2.24, 2.45) is 0 Å². The van der Waals surface area contributed by atoms with Crippen LogP contribution in [0.2, 0.25) is 5.02 Å². The summed E-state index contributed by atoms with van der Waals surface area (Å²) in [5.41, 5.74) is -1.06. The van der Waals surface area contributed by atoms with Crippen molar-refractivity contribution in [1.29, 1.82) is 0 Å². The summed E-state index contributed by atoms with van der Waals surface area (Å²) in [6.45, 7) is 4.98.